The van der Waals surface area contributed by atoms with Crippen molar-refractivity contribution in [1.29, 1.82) is 5.26 Å². The van der Waals surface area contributed by atoms with Crippen molar-refractivity contribution in [3.8, 4) is 11.9 Å². The third kappa shape index (κ3) is 2.75. The summed E-state index contributed by atoms with van der Waals surface area (Å²) in [4.78, 5) is 6.44. The van der Waals surface area contributed by atoms with Gasteiger partial charge in [-0.05, 0) is 38.9 Å². The molecule has 1 aromatic rings. The van der Waals surface area contributed by atoms with E-state index in [1.54, 1.807) is 18.3 Å². The zero-order valence-corrected chi connectivity index (χ0v) is 10.3. The maximum Gasteiger partial charge on any atom is 0.232 e. The Balaban J connectivity index is 2.13. The number of hydrogen-bond donors (Lipinski definition) is 0. The molecule has 0 aliphatic carbocycles. The molecule has 1 aromatic heterocycles. The van der Waals surface area contributed by atoms with Gasteiger partial charge in [-0.2, -0.15) is 5.26 Å². The van der Waals surface area contributed by atoms with Gasteiger partial charge in [-0.25, -0.2) is 4.98 Å². The van der Waals surface area contributed by atoms with Crippen molar-refractivity contribution in [2.45, 2.75) is 25.4 Å². The van der Waals surface area contributed by atoms with Crippen LogP contribution in [0.5, 0.6) is 5.88 Å². The van der Waals surface area contributed by atoms with Gasteiger partial charge in [-0.1, -0.05) is 0 Å². The Hall–Kier alpha value is -1.60. The van der Waals surface area contributed by atoms with Gasteiger partial charge in [0.05, 0.1) is 0 Å². The van der Waals surface area contributed by atoms with E-state index in [1.807, 2.05) is 0 Å². The zero-order valence-electron chi connectivity index (χ0n) is 10.3. The summed E-state index contributed by atoms with van der Waals surface area (Å²) in [5.74, 6) is 0.460. The van der Waals surface area contributed by atoms with Gasteiger partial charge in [0.25, 0.3) is 0 Å². The van der Waals surface area contributed by atoms with Gasteiger partial charge in [0.1, 0.15) is 17.2 Å². The minimum atomic E-state index is -0.202. The maximum atomic E-state index is 9.00. The average molecular weight is 231 g/mol. The molecule has 0 N–H and O–H groups in total. The van der Waals surface area contributed by atoms with Crippen LogP contribution >= 0.6 is 0 Å². The fraction of sp³-hybridized carbons (Fsp3) is 0.538. The Morgan fingerprint density at radius 1 is 1.47 bits per heavy atom. The first kappa shape index (κ1) is 11.9. The lowest BCUT2D eigenvalue weighted by Crippen LogP contribution is -2.44. The molecule has 1 aliphatic heterocycles. The van der Waals surface area contributed by atoms with Gasteiger partial charge in [0.2, 0.25) is 5.88 Å². The lowest BCUT2D eigenvalue weighted by atomic mass is 9.93. The summed E-state index contributed by atoms with van der Waals surface area (Å²) in [7, 11) is 2.11. The quantitative estimate of drug-likeness (QED) is 0.779. The van der Waals surface area contributed by atoms with E-state index < -0.39 is 0 Å². The molecule has 0 amide bonds. The summed E-state index contributed by atoms with van der Waals surface area (Å²) in [6.45, 7) is 4.13. The Labute approximate surface area is 102 Å². The van der Waals surface area contributed by atoms with Crippen molar-refractivity contribution in [3.05, 3.63) is 23.9 Å². The monoisotopic (exact) mass is 231 g/mol. The lowest BCUT2D eigenvalue weighted by Gasteiger charge is -2.37. The molecule has 0 bridgehead atoms. The molecule has 2 rings (SSSR count). The predicted octanol–water partition coefficient (Wildman–Crippen LogP) is 1.82. The fourth-order valence-electron chi connectivity index (χ4n) is 1.98. The van der Waals surface area contributed by atoms with E-state index in [9.17, 15) is 0 Å². The smallest absolute Gasteiger partial charge is 0.232 e. The summed E-state index contributed by atoms with van der Waals surface area (Å²) in [5, 5.41) is 9.00. The third-order valence-corrected chi connectivity index (χ3v) is 3.28. The molecule has 0 spiro atoms. The van der Waals surface area contributed by atoms with Gasteiger partial charge < -0.3 is 9.64 Å². The largest absolute Gasteiger partial charge is 0.470 e. The van der Waals surface area contributed by atoms with Gasteiger partial charge in [-0.3, -0.25) is 0 Å². The predicted molar refractivity (Wildman–Crippen MR) is 64.7 cm³/mol. The molecule has 0 aromatic carbocycles. The molecular formula is C13H17N3O. The zero-order chi connectivity index (χ0) is 12.3. The van der Waals surface area contributed by atoms with Crippen molar-refractivity contribution in [1.82, 2.24) is 9.88 Å². The second-order valence-electron chi connectivity index (χ2n) is 4.82. The number of likely N-dealkylation sites (tertiary alicyclic amines) is 1. The van der Waals surface area contributed by atoms with E-state index in [2.05, 4.69) is 29.9 Å². The molecule has 4 nitrogen and oxygen atoms in total. The average Bonchev–Trinajstić information content (AvgIpc) is 2.34. The van der Waals surface area contributed by atoms with Crippen molar-refractivity contribution in [3.63, 3.8) is 0 Å². The van der Waals surface area contributed by atoms with E-state index in [0.717, 1.165) is 25.9 Å². The van der Waals surface area contributed by atoms with Crippen LogP contribution in [0.4, 0.5) is 0 Å². The summed E-state index contributed by atoms with van der Waals surface area (Å²) in [6, 6.07) is 5.60. The molecule has 1 saturated heterocycles. The van der Waals surface area contributed by atoms with Crippen LogP contribution in [0.3, 0.4) is 0 Å². The van der Waals surface area contributed by atoms with Crippen LogP contribution in [0, 0.1) is 11.3 Å². The van der Waals surface area contributed by atoms with Crippen molar-refractivity contribution >= 4 is 0 Å². The molecule has 4 heteroatoms. The Bertz CT molecular complexity index is 431. The molecule has 0 radical (unpaired) electrons. The number of nitriles is 1. The molecule has 90 valence electrons. The first-order valence-corrected chi connectivity index (χ1v) is 5.86. The Morgan fingerprint density at radius 3 is 2.82 bits per heavy atom. The minimum absolute atomic E-state index is 0.202. The number of pyridine rings is 1. The van der Waals surface area contributed by atoms with E-state index >= 15 is 0 Å². The van der Waals surface area contributed by atoms with Crippen LogP contribution in [0.25, 0.3) is 0 Å². The first-order chi connectivity index (χ1) is 8.13. The molecule has 0 unspecified atom stereocenters. The molecule has 0 saturated carbocycles. The van der Waals surface area contributed by atoms with Crippen LogP contribution in [0.1, 0.15) is 25.3 Å². The SMILES string of the molecule is CN1CCC(C)(Oc2ncccc2C#N)CC1. The number of piperidine rings is 1. The summed E-state index contributed by atoms with van der Waals surface area (Å²) >= 11 is 0. The van der Waals surface area contributed by atoms with Gasteiger partial charge >= 0.3 is 0 Å². The highest BCUT2D eigenvalue weighted by Crippen LogP contribution is 2.28. The van der Waals surface area contributed by atoms with Crippen LogP contribution in [-0.4, -0.2) is 35.6 Å². The van der Waals surface area contributed by atoms with E-state index in [0.29, 0.717) is 11.4 Å². The van der Waals surface area contributed by atoms with Crippen LogP contribution in [-0.2, 0) is 0 Å². The van der Waals surface area contributed by atoms with E-state index in [-0.39, 0.29) is 5.60 Å². The summed E-state index contributed by atoms with van der Waals surface area (Å²) in [6.07, 6.45) is 3.59. The van der Waals surface area contributed by atoms with Gasteiger partial charge in [0.15, 0.2) is 0 Å². The number of ether oxygens (including phenoxy) is 1. The molecule has 17 heavy (non-hydrogen) atoms. The second-order valence-corrected chi connectivity index (χ2v) is 4.82. The van der Waals surface area contributed by atoms with Gasteiger partial charge in [0, 0.05) is 19.3 Å². The third-order valence-electron chi connectivity index (χ3n) is 3.28. The lowest BCUT2D eigenvalue weighted by molar-refractivity contribution is 0.0201. The standard InChI is InChI=1S/C13H17N3O/c1-13(5-8-16(2)9-6-13)17-12-11(10-14)4-3-7-15-12/h3-4,7H,5-6,8-9H2,1-2H3. The van der Waals surface area contributed by atoms with Crippen molar-refractivity contribution in [2.75, 3.05) is 20.1 Å². The van der Waals surface area contributed by atoms with Crippen molar-refractivity contribution < 1.29 is 4.74 Å². The normalized spacial score (nSPS) is 19.6. The number of rotatable bonds is 2. The first-order valence-electron chi connectivity index (χ1n) is 5.86. The number of hydrogen-bond acceptors (Lipinski definition) is 4. The van der Waals surface area contributed by atoms with E-state index in [4.69, 9.17) is 10.00 Å². The van der Waals surface area contributed by atoms with Crippen molar-refractivity contribution in [2.24, 2.45) is 0 Å². The second kappa shape index (κ2) is 4.72. The van der Waals surface area contributed by atoms with Crippen LogP contribution < -0.4 is 4.74 Å². The molecule has 2 heterocycles. The maximum absolute atomic E-state index is 9.00. The van der Waals surface area contributed by atoms with E-state index in [1.165, 1.54) is 0 Å². The summed E-state index contributed by atoms with van der Waals surface area (Å²) < 4.78 is 5.95. The highest BCUT2D eigenvalue weighted by molar-refractivity contribution is 5.37. The Morgan fingerprint density at radius 2 is 2.18 bits per heavy atom. The number of nitrogens with zero attached hydrogens (tertiary/aromatic N) is 3. The summed E-state index contributed by atoms with van der Waals surface area (Å²) in [5.41, 5.74) is 0.305. The fourth-order valence-corrected chi connectivity index (χ4v) is 1.98. The Kier molecular flexibility index (Phi) is 3.30. The molecule has 1 fully saturated rings. The number of aromatic nitrogens is 1. The molecular weight excluding hydrogens is 214 g/mol. The van der Waals surface area contributed by atoms with Crippen LogP contribution in [0.15, 0.2) is 18.3 Å². The highest BCUT2D eigenvalue weighted by Gasteiger charge is 2.31. The minimum Gasteiger partial charge on any atom is -0.470 e. The van der Waals surface area contributed by atoms with Crippen LogP contribution in [0.2, 0.25) is 0 Å². The molecule has 0 atom stereocenters. The van der Waals surface area contributed by atoms with Gasteiger partial charge in [-0.15, -0.1) is 0 Å². The highest BCUT2D eigenvalue weighted by atomic mass is 16.5. The molecule has 1 aliphatic rings. The topological polar surface area (TPSA) is 49.1 Å².